The standard InChI is InChI=1S/C24H22N6O4/c31-19(8-11-29-22(32)15-5-1-2-6-16(15)23(29)33)28-10-3-4-14(13-28)30-20-17-7-9-25-21(17)26-12-18(20)27-24(30)34/h1-2,5-7,9,12,14H,3-4,8,10-11,13H2,(H,25,26)(H,27,34)/t14-/m1/s1. The molecule has 0 bridgehead atoms. The average molecular weight is 458 g/mol. The molecule has 0 unspecified atom stereocenters. The van der Waals surface area contributed by atoms with Crippen molar-refractivity contribution in [1.29, 1.82) is 0 Å². The third-order valence-electron chi connectivity index (χ3n) is 6.80. The number of aromatic amines is 2. The Labute approximate surface area is 193 Å². The lowest BCUT2D eigenvalue weighted by Crippen LogP contribution is -2.43. The molecule has 10 nitrogen and oxygen atoms in total. The van der Waals surface area contributed by atoms with E-state index < -0.39 is 0 Å². The van der Waals surface area contributed by atoms with Crippen LogP contribution in [0.4, 0.5) is 0 Å². The summed E-state index contributed by atoms with van der Waals surface area (Å²) in [5.74, 6) is -0.860. The molecule has 0 spiro atoms. The minimum absolute atomic E-state index is 0.0367. The van der Waals surface area contributed by atoms with E-state index in [0.717, 1.165) is 28.6 Å². The van der Waals surface area contributed by atoms with Gasteiger partial charge in [0.1, 0.15) is 5.65 Å². The van der Waals surface area contributed by atoms with Crippen LogP contribution in [0.15, 0.2) is 47.5 Å². The maximum atomic E-state index is 13.0. The Morgan fingerprint density at radius 3 is 2.62 bits per heavy atom. The third-order valence-corrected chi connectivity index (χ3v) is 6.80. The smallest absolute Gasteiger partial charge is 0.326 e. The summed E-state index contributed by atoms with van der Waals surface area (Å²) in [6, 6.07) is 8.40. The Bertz CT molecular complexity index is 1490. The highest BCUT2D eigenvalue weighted by molar-refractivity contribution is 6.21. The largest absolute Gasteiger partial charge is 0.346 e. The molecular weight excluding hydrogens is 436 g/mol. The zero-order valence-electron chi connectivity index (χ0n) is 18.3. The molecule has 0 aliphatic carbocycles. The summed E-state index contributed by atoms with van der Waals surface area (Å²) >= 11 is 0. The minimum Gasteiger partial charge on any atom is -0.346 e. The van der Waals surface area contributed by atoms with Crippen LogP contribution in [0.25, 0.3) is 22.1 Å². The van der Waals surface area contributed by atoms with Gasteiger partial charge in [-0.15, -0.1) is 0 Å². The van der Waals surface area contributed by atoms with E-state index in [2.05, 4.69) is 15.0 Å². The van der Waals surface area contributed by atoms with Crippen molar-refractivity contribution in [3.05, 3.63) is 64.3 Å². The fourth-order valence-corrected chi connectivity index (χ4v) is 5.17. The van der Waals surface area contributed by atoms with E-state index in [1.807, 2.05) is 6.07 Å². The van der Waals surface area contributed by atoms with Crippen LogP contribution in [-0.4, -0.2) is 66.7 Å². The van der Waals surface area contributed by atoms with Crippen molar-refractivity contribution in [1.82, 2.24) is 29.3 Å². The van der Waals surface area contributed by atoms with Gasteiger partial charge in [-0.25, -0.2) is 9.78 Å². The Morgan fingerprint density at radius 1 is 1.09 bits per heavy atom. The molecule has 172 valence electrons. The predicted molar refractivity (Wildman–Crippen MR) is 123 cm³/mol. The van der Waals surface area contributed by atoms with E-state index in [-0.39, 0.29) is 42.4 Å². The number of carbonyl (C=O) groups excluding carboxylic acids is 3. The first-order valence-corrected chi connectivity index (χ1v) is 11.3. The molecule has 0 radical (unpaired) electrons. The first-order chi connectivity index (χ1) is 16.5. The molecule has 34 heavy (non-hydrogen) atoms. The molecule has 1 aromatic carbocycles. The second-order valence-electron chi connectivity index (χ2n) is 8.75. The molecule has 2 aliphatic rings. The van der Waals surface area contributed by atoms with Gasteiger partial charge in [0.05, 0.1) is 34.4 Å². The molecule has 1 fully saturated rings. The summed E-state index contributed by atoms with van der Waals surface area (Å²) in [7, 11) is 0. The number of H-pyrrole nitrogens is 2. The fourth-order valence-electron chi connectivity index (χ4n) is 5.17. The molecule has 10 heteroatoms. The highest BCUT2D eigenvalue weighted by Gasteiger charge is 2.36. The Kier molecular flexibility index (Phi) is 4.61. The number of likely N-dealkylation sites (tertiary alicyclic amines) is 1. The van der Waals surface area contributed by atoms with Crippen molar-refractivity contribution < 1.29 is 14.4 Å². The van der Waals surface area contributed by atoms with Crippen LogP contribution in [0.1, 0.15) is 46.0 Å². The van der Waals surface area contributed by atoms with E-state index >= 15 is 0 Å². The van der Waals surface area contributed by atoms with Crippen molar-refractivity contribution in [3.8, 4) is 0 Å². The number of imidazole rings is 1. The minimum atomic E-state index is -0.362. The summed E-state index contributed by atoms with van der Waals surface area (Å²) in [5.41, 5.74) is 2.66. The molecule has 2 aliphatic heterocycles. The number of carbonyl (C=O) groups is 3. The fraction of sp³-hybridized carbons (Fsp3) is 0.292. The summed E-state index contributed by atoms with van der Waals surface area (Å²) < 4.78 is 1.73. The zero-order chi connectivity index (χ0) is 23.4. The van der Waals surface area contributed by atoms with Gasteiger partial charge in [-0.3, -0.25) is 23.9 Å². The number of hydrogen-bond donors (Lipinski definition) is 2. The molecule has 0 saturated carbocycles. The van der Waals surface area contributed by atoms with Crippen LogP contribution in [0.3, 0.4) is 0 Å². The molecule has 6 rings (SSSR count). The number of aromatic nitrogens is 4. The zero-order valence-corrected chi connectivity index (χ0v) is 18.3. The van der Waals surface area contributed by atoms with Gasteiger partial charge in [-0.05, 0) is 31.0 Å². The molecule has 3 aromatic heterocycles. The highest BCUT2D eigenvalue weighted by Crippen LogP contribution is 2.28. The molecule has 1 saturated heterocycles. The number of nitrogens with zero attached hydrogens (tertiary/aromatic N) is 4. The van der Waals surface area contributed by atoms with Crippen molar-refractivity contribution in [3.63, 3.8) is 0 Å². The van der Waals surface area contributed by atoms with Gasteiger partial charge < -0.3 is 14.9 Å². The van der Waals surface area contributed by atoms with Crippen LogP contribution in [0.2, 0.25) is 0 Å². The molecule has 2 N–H and O–H groups in total. The van der Waals surface area contributed by atoms with Gasteiger partial charge in [-0.1, -0.05) is 12.1 Å². The number of hydrogen-bond acceptors (Lipinski definition) is 5. The summed E-state index contributed by atoms with van der Waals surface area (Å²) in [5, 5.41) is 0.852. The van der Waals surface area contributed by atoms with Crippen molar-refractivity contribution in [2.24, 2.45) is 0 Å². The molecule has 1 atom stereocenters. The lowest BCUT2D eigenvalue weighted by Gasteiger charge is -2.33. The van der Waals surface area contributed by atoms with E-state index in [9.17, 15) is 19.2 Å². The molecule has 5 heterocycles. The van der Waals surface area contributed by atoms with E-state index in [0.29, 0.717) is 35.4 Å². The van der Waals surface area contributed by atoms with Gasteiger partial charge in [0, 0.05) is 37.6 Å². The van der Waals surface area contributed by atoms with E-state index in [1.165, 1.54) is 0 Å². The van der Waals surface area contributed by atoms with Gasteiger partial charge in [0.25, 0.3) is 11.8 Å². The molecule has 3 amide bonds. The predicted octanol–water partition coefficient (Wildman–Crippen LogP) is 2.06. The van der Waals surface area contributed by atoms with Crippen LogP contribution in [0.5, 0.6) is 0 Å². The quantitative estimate of drug-likeness (QED) is 0.453. The first kappa shape index (κ1) is 20.4. The van der Waals surface area contributed by atoms with Gasteiger partial charge in [-0.2, -0.15) is 0 Å². The third kappa shape index (κ3) is 3.06. The number of benzene rings is 1. The lowest BCUT2D eigenvalue weighted by atomic mass is 10.0. The van der Waals surface area contributed by atoms with Crippen LogP contribution in [0, 0.1) is 0 Å². The summed E-state index contributed by atoms with van der Waals surface area (Å²) in [6.45, 7) is 1.01. The second-order valence-corrected chi connectivity index (χ2v) is 8.75. The topological polar surface area (TPSA) is 124 Å². The van der Waals surface area contributed by atoms with Crippen molar-refractivity contribution >= 4 is 39.8 Å². The summed E-state index contributed by atoms with van der Waals surface area (Å²) in [4.78, 5) is 64.2. The maximum absolute atomic E-state index is 13.0. The molecule has 4 aromatic rings. The van der Waals surface area contributed by atoms with Crippen molar-refractivity contribution in [2.45, 2.75) is 25.3 Å². The first-order valence-electron chi connectivity index (χ1n) is 11.3. The lowest BCUT2D eigenvalue weighted by molar-refractivity contribution is -0.132. The van der Waals surface area contributed by atoms with E-state index in [1.54, 1.807) is 46.1 Å². The number of imide groups is 1. The highest BCUT2D eigenvalue weighted by atomic mass is 16.2. The van der Waals surface area contributed by atoms with Crippen LogP contribution >= 0.6 is 0 Å². The monoisotopic (exact) mass is 458 g/mol. The van der Waals surface area contributed by atoms with Gasteiger partial charge in [0.2, 0.25) is 5.91 Å². The normalized spacial score (nSPS) is 18.3. The van der Waals surface area contributed by atoms with E-state index in [4.69, 9.17) is 0 Å². The Morgan fingerprint density at radius 2 is 1.85 bits per heavy atom. The maximum Gasteiger partial charge on any atom is 0.326 e. The Balaban J connectivity index is 1.20. The number of fused-ring (bicyclic) bond motifs is 4. The number of amides is 3. The number of rotatable bonds is 4. The van der Waals surface area contributed by atoms with Crippen molar-refractivity contribution in [2.75, 3.05) is 19.6 Å². The number of nitrogens with one attached hydrogen (secondary N) is 2. The number of piperidine rings is 1. The molecular formula is C24H22N6O4. The SMILES string of the molecule is O=C(CCN1C(=O)c2ccccc2C1=O)N1CCC[C@@H](n2c(=O)[nH]c3cnc4[nH]ccc4c32)C1. The van der Waals surface area contributed by atoms with Gasteiger partial charge in [0.15, 0.2) is 0 Å². The Hall–Kier alpha value is -4.21. The average Bonchev–Trinajstić information content (AvgIpc) is 3.52. The second kappa shape index (κ2) is 7.68. The van der Waals surface area contributed by atoms with Crippen LogP contribution < -0.4 is 5.69 Å². The van der Waals surface area contributed by atoms with Crippen LogP contribution in [-0.2, 0) is 4.79 Å². The van der Waals surface area contributed by atoms with Gasteiger partial charge >= 0.3 is 5.69 Å². The summed E-state index contributed by atoms with van der Waals surface area (Å²) in [6.07, 6.45) is 4.99. The number of pyridine rings is 1.